The minimum absolute atomic E-state index is 0.164. The van der Waals surface area contributed by atoms with Crippen LogP contribution in [0.5, 0.6) is 0 Å². The van der Waals surface area contributed by atoms with Gasteiger partial charge >= 0.3 is 0 Å². The van der Waals surface area contributed by atoms with Gasteiger partial charge in [-0.2, -0.15) is 9.97 Å². The number of H-pyrrole nitrogens is 1. The van der Waals surface area contributed by atoms with E-state index in [9.17, 15) is 8.42 Å². The Balaban J connectivity index is 2.19. The second-order valence-electron chi connectivity index (χ2n) is 4.22. The first kappa shape index (κ1) is 14.5. The van der Waals surface area contributed by atoms with Gasteiger partial charge in [0.2, 0.25) is 16.0 Å². The number of hydrogen-bond acceptors (Lipinski definition) is 7. The number of nitrogens with zero attached hydrogens (tertiary/aromatic N) is 3. The molecule has 0 aromatic carbocycles. The van der Waals surface area contributed by atoms with E-state index in [1.165, 1.54) is 6.33 Å². The van der Waals surface area contributed by atoms with E-state index in [2.05, 4.69) is 30.6 Å². The van der Waals surface area contributed by atoms with Gasteiger partial charge in [0.15, 0.2) is 11.5 Å². The van der Waals surface area contributed by atoms with E-state index in [0.29, 0.717) is 22.9 Å². The lowest BCUT2D eigenvalue weighted by Crippen LogP contribution is -2.22. The third kappa shape index (κ3) is 3.78. The van der Waals surface area contributed by atoms with E-state index >= 15 is 0 Å². The van der Waals surface area contributed by atoms with Crippen molar-refractivity contribution in [1.82, 2.24) is 19.9 Å². The number of imidazole rings is 1. The Morgan fingerprint density at radius 1 is 1.30 bits per heavy atom. The fourth-order valence-corrected chi connectivity index (χ4v) is 1.98. The van der Waals surface area contributed by atoms with Crippen LogP contribution in [0.1, 0.15) is 13.3 Å². The van der Waals surface area contributed by atoms with Crippen molar-refractivity contribution < 1.29 is 8.42 Å². The van der Waals surface area contributed by atoms with Crippen LogP contribution in [0.15, 0.2) is 6.33 Å². The fourth-order valence-electron chi connectivity index (χ4n) is 1.59. The highest BCUT2D eigenvalue weighted by atomic mass is 32.2. The first-order valence-corrected chi connectivity index (χ1v) is 7.90. The number of rotatable bonds is 7. The Hall–Kier alpha value is -1.94. The Morgan fingerprint density at radius 2 is 2.10 bits per heavy atom. The van der Waals surface area contributed by atoms with Gasteiger partial charge < -0.3 is 15.6 Å². The molecule has 0 unspecified atom stereocenters. The predicted molar refractivity (Wildman–Crippen MR) is 76.9 cm³/mol. The standard InChI is InChI=1S/C10H17N7O2S/c1-2-3-13-10-16-8(12-4-5-20(11,18)19)7-9(17-10)15-6-14-7/h6H,2-5H2,1H3,(H2,11,18,19)(H3,12,13,14,15,16,17). The van der Waals surface area contributed by atoms with Gasteiger partial charge in [0.25, 0.3) is 0 Å². The summed E-state index contributed by atoms with van der Waals surface area (Å²) in [6.45, 7) is 2.94. The second-order valence-corrected chi connectivity index (χ2v) is 5.95. The molecule has 0 fully saturated rings. The molecule has 0 saturated carbocycles. The number of nitrogens with two attached hydrogens (primary N) is 1. The van der Waals surface area contributed by atoms with E-state index in [-0.39, 0.29) is 12.3 Å². The second kappa shape index (κ2) is 6.01. The molecule has 9 nitrogen and oxygen atoms in total. The van der Waals surface area contributed by atoms with Crippen LogP contribution < -0.4 is 15.8 Å². The minimum Gasteiger partial charge on any atom is -0.367 e. The Kier molecular flexibility index (Phi) is 4.35. The molecule has 2 rings (SSSR count). The van der Waals surface area contributed by atoms with Crippen LogP contribution in [-0.2, 0) is 10.0 Å². The van der Waals surface area contributed by atoms with Crippen LogP contribution in [0, 0.1) is 0 Å². The van der Waals surface area contributed by atoms with Crippen molar-refractivity contribution in [3.05, 3.63) is 6.33 Å². The molecule has 0 atom stereocenters. The maximum atomic E-state index is 10.9. The van der Waals surface area contributed by atoms with Crippen LogP contribution in [0.2, 0.25) is 0 Å². The third-order valence-corrected chi connectivity index (χ3v) is 3.27. The summed E-state index contributed by atoms with van der Waals surface area (Å²) in [6.07, 6.45) is 2.45. The first-order chi connectivity index (χ1) is 9.49. The maximum absolute atomic E-state index is 10.9. The van der Waals surface area contributed by atoms with E-state index in [4.69, 9.17) is 5.14 Å². The maximum Gasteiger partial charge on any atom is 0.226 e. The van der Waals surface area contributed by atoms with Crippen molar-refractivity contribution in [2.24, 2.45) is 5.14 Å². The highest BCUT2D eigenvalue weighted by Crippen LogP contribution is 2.18. The average Bonchev–Trinajstić information content (AvgIpc) is 2.83. The number of sulfonamides is 1. The highest BCUT2D eigenvalue weighted by molar-refractivity contribution is 7.89. The lowest BCUT2D eigenvalue weighted by Gasteiger charge is -2.08. The highest BCUT2D eigenvalue weighted by Gasteiger charge is 2.10. The summed E-state index contributed by atoms with van der Waals surface area (Å²) in [5, 5.41) is 10.9. The summed E-state index contributed by atoms with van der Waals surface area (Å²) in [4.78, 5) is 15.5. The normalized spacial score (nSPS) is 11.7. The molecule has 0 aliphatic carbocycles. The number of fused-ring (bicyclic) bond motifs is 1. The van der Waals surface area contributed by atoms with Crippen molar-refractivity contribution in [1.29, 1.82) is 0 Å². The minimum atomic E-state index is -3.51. The molecule has 0 aliphatic rings. The third-order valence-electron chi connectivity index (χ3n) is 2.50. The lowest BCUT2D eigenvalue weighted by molar-refractivity contribution is 0.598. The van der Waals surface area contributed by atoms with Crippen LogP contribution in [0.25, 0.3) is 11.2 Å². The zero-order valence-corrected chi connectivity index (χ0v) is 11.9. The van der Waals surface area contributed by atoms with Crippen molar-refractivity contribution in [2.45, 2.75) is 13.3 Å². The van der Waals surface area contributed by atoms with Crippen LogP contribution >= 0.6 is 0 Å². The van der Waals surface area contributed by atoms with Gasteiger partial charge in [0.1, 0.15) is 5.52 Å². The van der Waals surface area contributed by atoms with E-state index < -0.39 is 10.0 Å². The molecule has 10 heteroatoms. The Labute approximate surface area is 116 Å². The molecule has 110 valence electrons. The van der Waals surface area contributed by atoms with Gasteiger partial charge in [-0.05, 0) is 6.42 Å². The zero-order valence-electron chi connectivity index (χ0n) is 11.0. The summed E-state index contributed by atoms with van der Waals surface area (Å²) >= 11 is 0. The van der Waals surface area contributed by atoms with Crippen LogP contribution in [-0.4, -0.2) is 47.2 Å². The molecule has 0 aliphatic heterocycles. The largest absolute Gasteiger partial charge is 0.367 e. The smallest absolute Gasteiger partial charge is 0.226 e. The van der Waals surface area contributed by atoms with E-state index in [0.717, 1.165) is 13.0 Å². The molecule has 20 heavy (non-hydrogen) atoms. The summed E-state index contributed by atoms with van der Waals surface area (Å²) in [7, 11) is -3.51. The SMILES string of the molecule is CCCNc1nc(NCCS(N)(=O)=O)c2[nH]cnc2n1. The Bertz CT molecular complexity index is 682. The van der Waals surface area contributed by atoms with E-state index in [1.54, 1.807) is 0 Å². The van der Waals surface area contributed by atoms with Crippen molar-refractivity contribution in [3.8, 4) is 0 Å². The predicted octanol–water partition coefficient (Wildman–Crippen LogP) is -0.125. The molecule has 0 bridgehead atoms. The summed E-state index contributed by atoms with van der Waals surface area (Å²) in [5.74, 6) is 0.768. The number of primary sulfonamides is 1. The monoisotopic (exact) mass is 299 g/mol. The molecule has 0 radical (unpaired) electrons. The van der Waals surface area contributed by atoms with Crippen molar-refractivity contribution in [3.63, 3.8) is 0 Å². The molecule has 0 amide bonds. The number of nitrogens with one attached hydrogen (secondary N) is 3. The molecule has 5 N–H and O–H groups in total. The molecule has 2 aromatic heterocycles. The fraction of sp³-hybridized carbons (Fsp3) is 0.500. The van der Waals surface area contributed by atoms with Gasteiger partial charge in [0.05, 0.1) is 12.1 Å². The van der Waals surface area contributed by atoms with Crippen molar-refractivity contribution in [2.75, 3.05) is 29.5 Å². The van der Waals surface area contributed by atoms with Crippen molar-refractivity contribution >= 4 is 33.0 Å². The molecule has 0 saturated heterocycles. The summed E-state index contributed by atoms with van der Waals surface area (Å²) in [6, 6.07) is 0. The van der Waals surface area contributed by atoms with E-state index in [1.807, 2.05) is 6.92 Å². The molecule has 2 heterocycles. The van der Waals surface area contributed by atoms with Crippen LogP contribution in [0.3, 0.4) is 0 Å². The summed E-state index contributed by atoms with van der Waals surface area (Å²) in [5.41, 5.74) is 1.14. The van der Waals surface area contributed by atoms with Gasteiger partial charge in [-0.15, -0.1) is 0 Å². The van der Waals surface area contributed by atoms with Gasteiger partial charge in [-0.1, -0.05) is 6.92 Å². The quantitative estimate of drug-likeness (QED) is 0.558. The van der Waals surface area contributed by atoms with Crippen LogP contribution in [0.4, 0.5) is 11.8 Å². The number of hydrogen-bond donors (Lipinski definition) is 4. The number of aromatic nitrogens is 4. The topological polar surface area (TPSA) is 139 Å². The molecular weight excluding hydrogens is 282 g/mol. The average molecular weight is 299 g/mol. The van der Waals surface area contributed by atoms with Gasteiger partial charge in [-0.25, -0.2) is 18.5 Å². The first-order valence-electron chi connectivity index (χ1n) is 6.19. The molecule has 0 spiro atoms. The lowest BCUT2D eigenvalue weighted by atomic mass is 10.4. The zero-order chi connectivity index (χ0) is 14.6. The molecular formula is C10H17N7O2S. The van der Waals surface area contributed by atoms with Gasteiger partial charge in [-0.3, -0.25) is 0 Å². The Morgan fingerprint density at radius 3 is 2.80 bits per heavy atom. The number of aromatic amines is 1. The molecule has 2 aromatic rings. The summed E-state index contributed by atoms with van der Waals surface area (Å²) < 4.78 is 21.8. The number of anilines is 2. The van der Waals surface area contributed by atoms with Gasteiger partial charge in [0, 0.05) is 13.1 Å².